The second-order valence-corrected chi connectivity index (χ2v) is 15.1. The van der Waals surface area contributed by atoms with E-state index < -0.39 is 8.32 Å². The maximum atomic E-state index is 6.69. The zero-order chi connectivity index (χ0) is 17.8. The largest absolute Gasteiger partial charge is 0.410 e. The minimum atomic E-state index is -1.81. The Hall–Kier alpha value is 0.0169. The Kier molecular flexibility index (Phi) is 7.70. The second-order valence-electron chi connectivity index (χ2n) is 7.57. The van der Waals surface area contributed by atoms with Crippen LogP contribution in [0.15, 0.2) is 20.6 Å². The summed E-state index contributed by atoms with van der Waals surface area (Å²) in [6, 6.07) is 0. The van der Waals surface area contributed by atoms with E-state index >= 15 is 0 Å². The van der Waals surface area contributed by atoms with Gasteiger partial charge in [-0.25, -0.2) is 4.98 Å². The van der Waals surface area contributed by atoms with E-state index in [1.165, 1.54) is 9.15 Å². The van der Waals surface area contributed by atoms with E-state index in [0.717, 1.165) is 17.1 Å². The van der Waals surface area contributed by atoms with Crippen LogP contribution >= 0.6 is 33.9 Å². The standard InChI is InChI=1S/C18H30INOSSi/c1-13(11-16-12-22-15(3)20-16)17(10-9-14(2)19)21-23(7,8)18(4,5)6/h9,11-12,17H,10H2,1-8H3/t17-/m0/s1. The monoisotopic (exact) mass is 463 g/mol. The molecule has 1 aromatic heterocycles. The highest BCUT2D eigenvalue weighted by molar-refractivity contribution is 14.1. The molecule has 1 rings (SSSR count). The number of halogens is 1. The summed E-state index contributed by atoms with van der Waals surface area (Å²) in [6.45, 7) is 17.9. The van der Waals surface area contributed by atoms with E-state index in [1.807, 2.05) is 6.92 Å². The highest BCUT2D eigenvalue weighted by Gasteiger charge is 2.39. The van der Waals surface area contributed by atoms with Crippen molar-refractivity contribution in [3.63, 3.8) is 0 Å². The summed E-state index contributed by atoms with van der Waals surface area (Å²) < 4.78 is 8.00. The first kappa shape index (κ1) is 21.1. The molecule has 0 N–H and O–H groups in total. The average molecular weight is 464 g/mol. The van der Waals surface area contributed by atoms with Crippen molar-refractivity contribution in [2.24, 2.45) is 0 Å². The molecule has 1 heterocycles. The van der Waals surface area contributed by atoms with Gasteiger partial charge < -0.3 is 4.43 Å². The summed E-state index contributed by atoms with van der Waals surface area (Å²) >= 11 is 4.06. The van der Waals surface area contributed by atoms with Gasteiger partial charge in [0, 0.05) is 5.38 Å². The zero-order valence-electron chi connectivity index (χ0n) is 15.7. The summed E-state index contributed by atoms with van der Waals surface area (Å²) in [5.74, 6) is 0. The van der Waals surface area contributed by atoms with Crippen LogP contribution in [0.2, 0.25) is 18.1 Å². The van der Waals surface area contributed by atoms with Gasteiger partial charge >= 0.3 is 0 Å². The predicted octanol–water partition coefficient (Wildman–Crippen LogP) is 6.97. The number of allylic oxidation sites excluding steroid dienone is 1. The fourth-order valence-corrected chi connectivity index (χ4v) is 4.07. The summed E-state index contributed by atoms with van der Waals surface area (Å²) in [5.41, 5.74) is 2.30. The van der Waals surface area contributed by atoms with Gasteiger partial charge in [0.05, 0.1) is 16.8 Å². The van der Waals surface area contributed by atoms with Crippen LogP contribution in [0.1, 0.15) is 51.7 Å². The van der Waals surface area contributed by atoms with E-state index in [4.69, 9.17) is 4.43 Å². The molecule has 1 aromatic rings. The number of hydrogen-bond acceptors (Lipinski definition) is 3. The second kappa shape index (κ2) is 8.40. The normalized spacial score (nSPS) is 15.9. The molecule has 1 atom stereocenters. The number of hydrogen-bond donors (Lipinski definition) is 0. The zero-order valence-corrected chi connectivity index (χ0v) is 19.6. The predicted molar refractivity (Wildman–Crippen MR) is 115 cm³/mol. The summed E-state index contributed by atoms with van der Waals surface area (Å²) in [5, 5.41) is 3.43. The van der Waals surface area contributed by atoms with Crippen LogP contribution in [-0.2, 0) is 4.43 Å². The average Bonchev–Trinajstić information content (AvgIpc) is 2.78. The number of thiazole rings is 1. The maximum absolute atomic E-state index is 6.69. The Labute approximate surface area is 160 Å². The van der Waals surface area contributed by atoms with Crippen LogP contribution in [0.4, 0.5) is 0 Å². The smallest absolute Gasteiger partial charge is 0.192 e. The van der Waals surface area contributed by atoms with Crippen LogP contribution in [-0.4, -0.2) is 19.4 Å². The third-order valence-corrected chi connectivity index (χ3v) is 10.1. The molecule has 0 unspecified atom stereocenters. The van der Waals surface area contributed by atoms with Crippen LogP contribution in [0.25, 0.3) is 6.08 Å². The number of aromatic nitrogens is 1. The van der Waals surface area contributed by atoms with Crippen LogP contribution < -0.4 is 0 Å². The first-order chi connectivity index (χ1) is 10.4. The van der Waals surface area contributed by atoms with Gasteiger partial charge in [-0.1, -0.05) is 26.8 Å². The van der Waals surface area contributed by atoms with Gasteiger partial charge in [-0.05, 0) is 83.1 Å². The van der Waals surface area contributed by atoms with Crippen molar-refractivity contribution in [3.05, 3.63) is 31.3 Å². The number of nitrogens with zero attached hydrogens (tertiary/aromatic N) is 1. The Bertz CT molecular complexity index is 580. The molecule has 5 heteroatoms. The lowest BCUT2D eigenvalue weighted by atomic mass is 10.1. The van der Waals surface area contributed by atoms with Crippen molar-refractivity contribution in [3.8, 4) is 0 Å². The molecule has 0 aliphatic carbocycles. The van der Waals surface area contributed by atoms with Crippen molar-refractivity contribution >= 4 is 48.3 Å². The minimum absolute atomic E-state index is 0.127. The fraction of sp³-hybridized carbons (Fsp3) is 0.611. The minimum Gasteiger partial charge on any atom is -0.410 e. The molecule has 23 heavy (non-hydrogen) atoms. The van der Waals surface area contributed by atoms with Crippen LogP contribution in [0.3, 0.4) is 0 Å². The lowest BCUT2D eigenvalue weighted by molar-refractivity contribution is 0.217. The highest BCUT2D eigenvalue weighted by atomic mass is 127. The molecule has 0 aliphatic rings. The van der Waals surface area contributed by atoms with E-state index in [-0.39, 0.29) is 11.1 Å². The molecule has 0 fully saturated rings. The van der Waals surface area contributed by atoms with E-state index in [1.54, 1.807) is 11.3 Å². The Morgan fingerprint density at radius 3 is 2.43 bits per heavy atom. The molecule has 0 bridgehead atoms. The van der Waals surface area contributed by atoms with Crippen LogP contribution in [0.5, 0.6) is 0 Å². The van der Waals surface area contributed by atoms with Gasteiger partial charge in [0.1, 0.15) is 0 Å². The Morgan fingerprint density at radius 1 is 1.39 bits per heavy atom. The molecule has 130 valence electrons. The number of rotatable bonds is 6. The lowest BCUT2D eigenvalue weighted by Crippen LogP contribution is -2.44. The molecular formula is C18H30INOSSi. The van der Waals surface area contributed by atoms with Crippen LogP contribution in [0, 0.1) is 6.92 Å². The molecule has 0 saturated carbocycles. The van der Waals surface area contributed by atoms with E-state index in [9.17, 15) is 0 Å². The van der Waals surface area contributed by atoms with Gasteiger partial charge in [0.15, 0.2) is 8.32 Å². The fourth-order valence-electron chi connectivity index (χ4n) is 1.90. The topological polar surface area (TPSA) is 22.1 Å². The van der Waals surface area contributed by atoms with Gasteiger partial charge in [0.2, 0.25) is 0 Å². The first-order valence-electron chi connectivity index (χ1n) is 8.03. The van der Waals surface area contributed by atoms with Gasteiger partial charge in [-0.3, -0.25) is 0 Å². The molecule has 0 aliphatic heterocycles. The van der Waals surface area contributed by atoms with Crippen molar-refractivity contribution < 1.29 is 4.43 Å². The highest BCUT2D eigenvalue weighted by Crippen LogP contribution is 2.38. The van der Waals surface area contributed by atoms with Gasteiger partial charge in [-0.2, -0.15) is 0 Å². The molecular weight excluding hydrogens is 433 g/mol. The van der Waals surface area contributed by atoms with Gasteiger partial charge in [-0.15, -0.1) is 11.3 Å². The summed E-state index contributed by atoms with van der Waals surface area (Å²) in [6.07, 6.45) is 5.49. The third-order valence-electron chi connectivity index (χ3n) is 4.38. The molecule has 0 aromatic carbocycles. The summed E-state index contributed by atoms with van der Waals surface area (Å²) in [7, 11) is -1.81. The molecule has 0 amide bonds. The third kappa shape index (κ3) is 6.80. The van der Waals surface area contributed by atoms with E-state index in [2.05, 4.69) is 92.8 Å². The quantitative estimate of drug-likeness (QED) is 0.336. The SMILES string of the molecule is CC(I)=CC[C@H](O[Si](C)(C)C(C)(C)C)C(C)=Cc1csc(C)n1. The number of aryl methyl sites for hydroxylation is 1. The maximum Gasteiger partial charge on any atom is 0.192 e. The van der Waals surface area contributed by atoms with E-state index in [0.29, 0.717) is 0 Å². The lowest BCUT2D eigenvalue weighted by Gasteiger charge is -2.39. The Balaban J connectivity index is 3.05. The molecule has 2 nitrogen and oxygen atoms in total. The van der Waals surface area contributed by atoms with Gasteiger partial charge in [0.25, 0.3) is 0 Å². The molecule has 0 spiro atoms. The summed E-state index contributed by atoms with van der Waals surface area (Å²) in [4.78, 5) is 4.55. The first-order valence-corrected chi connectivity index (χ1v) is 12.9. The van der Waals surface area contributed by atoms with Crippen molar-refractivity contribution in [1.29, 1.82) is 0 Å². The van der Waals surface area contributed by atoms with Crippen molar-refractivity contribution in [1.82, 2.24) is 4.98 Å². The van der Waals surface area contributed by atoms with Crippen molar-refractivity contribution in [2.45, 2.75) is 72.2 Å². The molecule has 0 radical (unpaired) electrons. The Morgan fingerprint density at radius 2 is 2.00 bits per heavy atom. The molecule has 0 saturated heterocycles. The van der Waals surface area contributed by atoms with Crippen molar-refractivity contribution in [2.75, 3.05) is 0 Å².